The molecule has 7 heteroatoms. The van der Waals surface area contributed by atoms with Crippen molar-refractivity contribution >= 4 is 10.0 Å². The molecule has 1 aliphatic rings. The number of piperidine rings is 1. The molecule has 0 amide bonds. The van der Waals surface area contributed by atoms with Crippen molar-refractivity contribution in [3.8, 4) is 0 Å². The number of sulfonamides is 1. The number of nitrogens with two attached hydrogens (primary N) is 1. The van der Waals surface area contributed by atoms with Crippen molar-refractivity contribution in [1.29, 1.82) is 0 Å². The predicted octanol–water partition coefficient (Wildman–Crippen LogP) is -0.0667. The smallest absolute Gasteiger partial charge is 0.244 e. The van der Waals surface area contributed by atoms with Gasteiger partial charge in [0.25, 0.3) is 0 Å². The Hall–Kier alpha value is -1.02. The minimum Gasteiger partial charge on any atom is -0.396 e. The fourth-order valence-corrected chi connectivity index (χ4v) is 3.58. The fraction of sp³-hybridized carbons (Fsp3) is 0.583. The second-order valence-corrected chi connectivity index (χ2v) is 6.66. The van der Waals surface area contributed by atoms with Gasteiger partial charge in [-0.3, -0.25) is 4.98 Å². The van der Waals surface area contributed by atoms with E-state index in [1.54, 1.807) is 12.1 Å². The third-order valence-electron chi connectivity index (χ3n) is 3.48. The molecular formula is C12H19N3O3S. The van der Waals surface area contributed by atoms with E-state index in [4.69, 9.17) is 10.8 Å². The lowest BCUT2D eigenvalue weighted by Gasteiger charge is -2.30. The summed E-state index contributed by atoms with van der Waals surface area (Å²) < 4.78 is 26.2. The molecule has 6 nitrogen and oxygen atoms in total. The van der Waals surface area contributed by atoms with E-state index < -0.39 is 10.0 Å². The second kappa shape index (κ2) is 5.96. The fourth-order valence-electron chi connectivity index (χ4n) is 2.17. The highest BCUT2D eigenvalue weighted by Crippen LogP contribution is 2.23. The highest BCUT2D eigenvalue weighted by molar-refractivity contribution is 7.89. The van der Waals surface area contributed by atoms with Crippen molar-refractivity contribution in [3.63, 3.8) is 0 Å². The van der Waals surface area contributed by atoms with E-state index in [1.807, 2.05) is 0 Å². The van der Waals surface area contributed by atoms with Gasteiger partial charge in [0.2, 0.25) is 10.0 Å². The molecule has 19 heavy (non-hydrogen) atoms. The molecule has 1 aliphatic heterocycles. The minimum atomic E-state index is -3.47. The summed E-state index contributed by atoms with van der Waals surface area (Å²) in [6.45, 7) is 1.32. The van der Waals surface area contributed by atoms with Crippen LogP contribution >= 0.6 is 0 Å². The first kappa shape index (κ1) is 14.4. The zero-order valence-corrected chi connectivity index (χ0v) is 11.5. The molecule has 0 radical (unpaired) electrons. The number of pyridine rings is 1. The minimum absolute atomic E-state index is 0.126. The van der Waals surface area contributed by atoms with E-state index in [-0.39, 0.29) is 17.4 Å². The van der Waals surface area contributed by atoms with Gasteiger partial charge in [0.15, 0.2) is 0 Å². The number of nitrogens with zero attached hydrogens (tertiary/aromatic N) is 2. The van der Waals surface area contributed by atoms with Crippen molar-refractivity contribution in [3.05, 3.63) is 24.0 Å². The number of aliphatic hydroxyl groups excluding tert-OH is 1. The predicted molar refractivity (Wildman–Crippen MR) is 70.7 cm³/mol. The quantitative estimate of drug-likeness (QED) is 0.807. The summed E-state index contributed by atoms with van der Waals surface area (Å²) >= 11 is 0. The van der Waals surface area contributed by atoms with E-state index in [1.165, 1.54) is 10.5 Å². The van der Waals surface area contributed by atoms with Gasteiger partial charge in [0.1, 0.15) is 4.90 Å². The van der Waals surface area contributed by atoms with E-state index in [9.17, 15) is 8.42 Å². The van der Waals surface area contributed by atoms with Gasteiger partial charge in [-0.1, -0.05) is 0 Å². The number of rotatable bonds is 4. The van der Waals surface area contributed by atoms with Crippen LogP contribution in [0.15, 0.2) is 23.2 Å². The van der Waals surface area contributed by atoms with Crippen LogP contribution < -0.4 is 5.73 Å². The molecule has 2 rings (SSSR count). The second-order valence-electron chi connectivity index (χ2n) is 4.72. The first-order valence-corrected chi connectivity index (χ1v) is 7.78. The Morgan fingerprint density at radius 3 is 2.53 bits per heavy atom. The van der Waals surface area contributed by atoms with Crippen molar-refractivity contribution in [2.24, 2.45) is 11.7 Å². The lowest BCUT2D eigenvalue weighted by atomic mass is 10.00. The zero-order valence-electron chi connectivity index (χ0n) is 10.7. The van der Waals surface area contributed by atoms with Crippen molar-refractivity contribution in [1.82, 2.24) is 9.29 Å². The average Bonchev–Trinajstić information content (AvgIpc) is 2.47. The number of hydrogen-bond donors (Lipinski definition) is 2. The van der Waals surface area contributed by atoms with Crippen LogP contribution in [0.25, 0.3) is 0 Å². The highest BCUT2D eigenvalue weighted by atomic mass is 32.2. The zero-order chi connectivity index (χ0) is 13.9. The van der Waals surface area contributed by atoms with Crippen LogP contribution in [0.5, 0.6) is 0 Å². The standard InChI is InChI=1S/C12H19N3O3S/c13-7-11-1-2-12(8-14-11)19(17,18)15-5-3-10(9-16)4-6-15/h1-2,8,10,16H,3-7,9,13H2. The molecule has 0 bridgehead atoms. The maximum Gasteiger partial charge on any atom is 0.244 e. The molecule has 0 aliphatic carbocycles. The summed E-state index contributed by atoms with van der Waals surface area (Å²) in [4.78, 5) is 4.22. The third-order valence-corrected chi connectivity index (χ3v) is 5.36. The Balaban J connectivity index is 2.13. The summed E-state index contributed by atoms with van der Waals surface area (Å²) in [5.74, 6) is 0.212. The number of aromatic nitrogens is 1. The molecule has 0 atom stereocenters. The maximum absolute atomic E-state index is 12.4. The van der Waals surface area contributed by atoms with Crippen molar-refractivity contribution in [2.75, 3.05) is 19.7 Å². The summed E-state index contributed by atoms with van der Waals surface area (Å²) in [6, 6.07) is 3.18. The first-order valence-electron chi connectivity index (χ1n) is 6.34. The van der Waals surface area contributed by atoms with Crippen LogP contribution in [0.2, 0.25) is 0 Å². The monoisotopic (exact) mass is 285 g/mol. The Kier molecular flexibility index (Phi) is 4.51. The highest BCUT2D eigenvalue weighted by Gasteiger charge is 2.29. The normalized spacial score (nSPS) is 18.6. The van der Waals surface area contributed by atoms with Crippen molar-refractivity contribution in [2.45, 2.75) is 24.3 Å². The molecule has 0 unspecified atom stereocenters. The molecule has 106 valence electrons. The number of aliphatic hydroxyl groups is 1. The van der Waals surface area contributed by atoms with Gasteiger partial charge in [-0.05, 0) is 30.9 Å². The SMILES string of the molecule is NCc1ccc(S(=O)(=O)N2CCC(CO)CC2)cn1. The van der Waals surface area contributed by atoms with Gasteiger partial charge >= 0.3 is 0 Å². The Bertz CT molecular complexity index is 508. The van der Waals surface area contributed by atoms with Crippen LogP contribution in [0, 0.1) is 5.92 Å². The van der Waals surface area contributed by atoms with E-state index in [0.29, 0.717) is 38.2 Å². The average molecular weight is 285 g/mol. The molecule has 3 N–H and O–H groups in total. The van der Waals surface area contributed by atoms with E-state index in [0.717, 1.165) is 0 Å². The van der Waals surface area contributed by atoms with Crippen LogP contribution in [0.1, 0.15) is 18.5 Å². The summed E-state index contributed by atoms with van der Waals surface area (Å²) in [6.07, 6.45) is 2.75. The first-order chi connectivity index (χ1) is 9.07. The number of hydrogen-bond acceptors (Lipinski definition) is 5. The maximum atomic E-state index is 12.4. The van der Waals surface area contributed by atoms with Gasteiger partial charge in [-0.15, -0.1) is 0 Å². The Labute approximate surface area is 113 Å². The molecule has 1 aromatic rings. The van der Waals surface area contributed by atoms with E-state index >= 15 is 0 Å². The largest absolute Gasteiger partial charge is 0.396 e. The molecule has 1 saturated heterocycles. The van der Waals surface area contributed by atoms with Gasteiger partial charge in [0, 0.05) is 32.4 Å². The van der Waals surface area contributed by atoms with E-state index in [2.05, 4.69) is 4.98 Å². The molecular weight excluding hydrogens is 266 g/mol. The third kappa shape index (κ3) is 3.11. The van der Waals surface area contributed by atoms with Gasteiger partial charge in [-0.25, -0.2) is 8.42 Å². The Morgan fingerprint density at radius 1 is 1.37 bits per heavy atom. The summed E-state index contributed by atoms with van der Waals surface area (Å²) in [5, 5.41) is 9.06. The molecule has 0 spiro atoms. The van der Waals surface area contributed by atoms with Gasteiger partial charge < -0.3 is 10.8 Å². The molecule has 2 heterocycles. The summed E-state index contributed by atoms with van der Waals surface area (Å²) in [7, 11) is -3.47. The molecule has 1 fully saturated rings. The van der Waals surface area contributed by atoms with Crippen molar-refractivity contribution < 1.29 is 13.5 Å². The molecule has 0 saturated carbocycles. The molecule has 1 aromatic heterocycles. The van der Waals surface area contributed by atoms with Crippen LogP contribution in [-0.2, 0) is 16.6 Å². The molecule has 0 aromatic carbocycles. The Morgan fingerprint density at radius 2 is 2.05 bits per heavy atom. The topological polar surface area (TPSA) is 96.5 Å². The van der Waals surface area contributed by atoms with Crippen LogP contribution in [0.4, 0.5) is 0 Å². The van der Waals surface area contributed by atoms with Gasteiger partial charge in [-0.2, -0.15) is 4.31 Å². The van der Waals surface area contributed by atoms with Crippen LogP contribution in [-0.4, -0.2) is 42.5 Å². The lowest BCUT2D eigenvalue weighted by Crippen LogP contribution is -2.39. The van der Waals surface area contributed by atoms with Gasteiger partial charge in [0.05, 0.1) is 5.69 Å². The van der Waals surface area contributed by atoms with Crippen LogP contribution in [0.3, 0.4) is 0 Å². The lowest BCUT2D eigenvalue weighted by molar-refractivity contribution is 0.170. The summed E-state index contributed by atoms with van der Waals surface area (Å²) in [5.41, 5.74) is 6.10.